The summed E-state index contributed by atoms with van der Waals surface area (Å²) in [5, 5.41) is 11.3. The maximum Gasteiger partial charge on any atom is 0.0813 e. The highest BCUT2D eigenvalue weighted by Crippen LogP contribution is 2.35. The Hall–Kier alpha value is -0.800. The van der Waals surface area contributed by atoms with Crippen molar-refractivity contribution in [1.82, 2.24) is 4.98 Å². The molecule has 0 fully saturated rings. The van der Waals surface area contributed by atoms with Gasteiger partial charge in [0.25, 0.3) is 0 Å². The Morgan fingerprint density at radius 2 is 2.19 bits per heavy atom. The van der Waals surface area contributed by atoms with Gasteiger partial charge in [-0.05, 0) is 37.5 Å². The Morgan fingerprint density at radius 3 is 3.06 bits per heavy atom. The van der Waals surface area contributed by atoms with E-state index in [1.54, 1.807) is 0 Å². The Balaban J connectivity index is 2.28. The first-order valence-corrected chi connectivity index (χ1v) is 6.53. The zero-order valence-corrected chi connectivity index (χ0v) is 10.5. The molecule has 2 aromatic rings. The van der Waals surface area contributed by atoms with Crippen LogP contribution in [0.4, 0.5) is 0 Å². The van der Waals surface area contributed by atoms with Gasteiger partial charge in [-0.1, -0.05) is 22.4 Å². The number of rotatable bonds is 0. The van der Waals surface area contributed by atoms with Crippen LogP contribution in [0.3, 0.4) is 0 Å². The summed E-state index contributed by atoms with van der Waals surface area (Å²) in [6.45, 7) is 0. The van der Waals surface area contributed by atoms with Crippen LogP contribution in [0.25, 0.3) is 10.9 Å². The summed E-state index contributed by atoms with van der Waals surface area (Å²) < 4.78 is 1.07. The van der Waals surface area contributed by atoms with E-state index in [0.29, 0.717) is 0 Å². The first-order valence-electron chi connectivity index (χ1n) is 5.74. The monoisotopic (exact) mass is 279 g/mol. The van der Waals surface area contributed by atoms with Crippen LogP contribution in [-0.2, 0) is 6.42 Å². The molecule has 2 N–H and O–H groups in total. The van der Waals surface area contributed by atoms with Crippen molar-refractivity contribution in [1.29, 1.82) is 0 Å². The standard InChI is InChI=1S/C13H14BrNO/c14-8-5-6-10-9(7-8)13-11(15-10)3-1-2-4-12(13)16/h5-7,12,15-16H,1-4H2. The second-order valence-electron chi connectivity index (χ2n) is 4.47. The number of nitrogens with one attached hydrogen (secondary N) is 1. The highest BCUT2D eigenvalue weighted by atomic mass is 79.9. The molecule has 0 amide bonds. The van der Waals surface area contributed by atoms with Crippen LogP contribution in [-0.4, -0.2) is 10.1 Å². The number of aliphatic hydroxyl groups is 1. The van der Waals surface area contributed by atoms with Crippen LogP contribution in [0.15, 0.2) is 22.7 Å². The van der Waals surface area contributed by atoms with E-state index in [1.807, 2.05) is 6.07 Å². The maximum absolute atomic E-state index is 10.2. The topological polar surface area (TPSA) is 36.0 Å². The Labute approximate surface area is 103 Å². The number of H-pyrrole nitrogens is 1. The summed E-state index contributed by atoms with van der Waals surface area (Å²) in [4.78, 5) is 3.43. The minimum Gasteiger partial charge on any atom is -0.388 e. The van der Waals surface area contributed by atoms with E-state index in [-0.39, 0.29) is 6.10 Å². The lowest BCUT2D eigenvalue weighted by molar-refractivity contribution is 0.168. The van der Waals surface area contributed by atoms with Crippen molar-refractivity contribution in [3.63, 3.8) is 0 Å². The second-order valence-corrected chi connectivity index (χ2v) is 5.38. The van der Waals surface area contributed by atoms with Crippen molar-refractivity contribution in [2.75, 3.05) is 0 Å². The number of benzene rings is 1. The fourth-order valence-corrected chi connectivity index (χ4v) is 2.96. The van der Waals surface area contributed by atoms with Gasteiger partial charge in [-0.25, -0.2) is 0 Å². The number of aromatic nitrogens is 1. The van der Waals surface area contributed by atoms with Gasteiger partial charge in [-0.15, -0.1) is 0 Å². The molecule has 1 aromatic carbocycles. The van der Waals surface area contributed by atoms with E-state index in [2.05, 4.69) is 33.0 Å². The summed E-state index contributed by atoms with van der Waals surface area (Å²) in [6, 6.07) is 6.20. The van der Waals surface area contributed by atoms with Gasteiger partial charge in [0.05, 0.1) is 6.10 Å². The summed E-state index contributed by atoms with van der Waals surface area (Å²) in [5.74, 6) is 0. The van der Waals surface area contributed by atoms with Gasteiger partial charge in [0.1, 0.15) is 0 Å². The molecule has 1 aromatic heterocycles. The molecule has 3 heteroatoms. The Bertz CT molecular complexity index is 532. The number of hydrogen-bond acceptors (Lipinski definition) is 1. The molecule has 1 aliphatic carbocycles. The fraction of sp³-hybridized carbons (Fsp3) is 0.385. The third-order valence-electron chi connectivity index (χ3n) is 3.37. The molecule has 1 atom stereocenters. The molecule has 0 bridgehead atoms. The number of aliphatic hydroxyl groups excluding tert-OH is 1. The Morgan fingerprint density at radius 1 is 1.31 bits per heavy atom. The largest absolute Gasteiger partial charge is 0.388 e. The fourth-order valence-electron chi connectivity index (χ4n) is 2.60. The average molecular weight is 280 g/mol. The lowest BCUT2D eigenvalue weighted by atomic mass is 10.0. The zero-order chi connectivity index (χ0) is 11.1. The van der Waals surface area contributed by atoms with E-state index in [1.165, 1.54) is 11.1 Å². The number of aromatic amines is 1. The third-order valence-corrected chi connectivity index (χ3v) is 3.86. The molecule has 84 valence electrons. The summed E-state index contributed by atoms with van der Waals surface area (Å²) in [7, 11) is 0. The molecule has 3 rings (SSSR count). The number of hydrogen-bond donors (Lipinski definition) is 2. The predicted octanol–water partition coefficient (Wildman–Crippen LogP) is 3.69. The van der Waals surface area contributed by atoms with E-state index >= 15 is 0 Å². The minimum atomic E-state index is -0.305. The SMILES string of the molecule is OC1CCCCc2[nH]c3ccc(Br)cc3c21. The van der Waals surface area contributed by atoms with Gasteiger partial charge in [-0.2, -0.15) is 0 Å². The quantitative estimate of drug-likeness (QED) is 0.709. The van der Waals surface area contributed by atoms with E-state index in [4.69, 9.17) is 0 Å². The molecular formula is C13H14BrNO. The van der Waals surface area contributed by atoms with Crippen molar-refractivity contribution >= 4 is 26.8 Å². The molecular weight excluding hydrogens is 266 g/mol. The molecule has 0 saturated heterocycles. The second kappa shape index (κ2) is 3.90. The van der Waals surface area contributed by atoms with Crippen molar-refractivity contribution < 1.29 is 5.11 Å². The van der Waals surface area contributed by atoms with Crippen molar-refractivity contribution in [3.8, 4) is 0 Å². The summed E-state index contributed by atoms with van der Waals surface area (Å²) in [6.07, 6.45) is 3.91. The molecule has 1 aliphatic rings. The summed E-state index contributed by atoms with van der Waals surface area (Å²) in [5.41, 5.74) is 3.47. The molecule has 0 spiro atoms. The van der Waals surface area contributed by atoms with Gasteiger partial charge in [0.15, 0.2) is 0 Å². The molecule has 2 nitrogen and oxygen atoms in total. The first-order chi connectivity index (χ1) is 7.75. The van der Waals surface area contributed by atoms with Crippen LogP contribution in [0.2, 0.25) is 0 Å². The zero-order valence-electron chi connectivity index (χ0n) is 8.96. The van der Waals surface area contributed by atoms with Gasteiger partial charge in [0, 0.05) is 26.6 Å². The molecule has 1 heterocycles. The molecule has 0 saturated carbocycles. The highest BCUT2D eigenvalue weighted by molar-refractivity contribution is 9.10. The molecule has 16 heavy (non-hydrogen) atoms. The van der Waals surface area contributed by atoms with Crippen molar-refractivity contribution in [2.45, 2.75) is 31.8 Å². The number of halogens is 1. The average Bonchev–Trinajstić information content (AvgIpc) is 2.51. The minimum absolute atomic E-state index is 0.305. The van der Waals surface area contributed by atoms with Crippen molar-refractivity contribution in [2.24, 2.45) is 0 Å². The van der Waals surface area contributed by atoms with Crippen molar-refractivity contribution in [3.05, 3.63) is 33.9 Å². The van der Waals surface area contributed by atoms with Gasteiger partial charge >= 0.3 is 0 Å². The smallest absolute Gasteiger partial charge is 0.0813 e. The lowest BCUT2D eigenvalue weighted by Gasteiger charge is -2.07. The van der Waals surface area contributed by atoms with Crippen LogP contribution in [0, 0.1) is 0 Å². The van der Waals surface area contributed by atoms with E-state index < -0.39 is 0 Å². The predicted molar refractivity (Wildman–Crippen MR) is 68.5 cm³/mol. The van der Waals surface area contributed by atoms with Gasteiger partial charge in [-0.3, -0.25) is 0 Å². The Kier molecular flexibility index (Phi) is 2.52. The van der Waals surface area contributed by atoms with Crippen LogP contribution in [0.5, 0.6) is 0 Å². The van der Waals surface area contributed by atoms with Crippen LogP contribution < -0.4 is 0 Å². The third kappa shape index (κ3) is 1.59. The normalized spacial score (nSPS) is 20.8. The van der Waals surface area contributed by atoms with Gasteiger partial charge < -0.3 is 10.1 Å². The highest BCUT2D eigenvalue weighted by Gasteiger charge is 2.21. The van der Waals surface area contributed by atoms with Crippen LogP contribution in [0.1, 0.15) is 36.6 Å². The van der Waals surface area contributed by atoms with E-state index in [9.17, 15) is 5.11 Å². The molecule has 0 radical (unpaired) electrons. The first kappa shape index (κ1) is 10.4. The van der Waals surface area contributed by atoms with E-state index in [0.717, 1.165) is 41.2 Å². The summed E-state index contributed by atoms with van der Waals surface area (Å²) >= 11 is 3.49. The maximum atomic E-state index is 10.2. The molecule has 1 unspecified atom stereocenters. The number of aryl methyl sites for hydroxylation is 1. The molecule has 0 aliphatic heterocycles. The van der Waals surface area contributed by atoms with Gasteiger partial charge in [0.2, 0.25) is 0 Å². The number of fused-ring (bicyclic) bond motifs is 3. The van der Waals surface area contributed by atoms with Crippen LogP contribution >= 0.6 is 15.9 Å². The lowest BCUT2D eigenvalue weighted by Crippen LogP contribution is -1.96.